The maximum atomic E-state index is 6.06. The Hall–Kier alpha value is -0.460. The largest absolute Gasteiger partial charge is 0.370 e. The van der Waals surface area contributed by atoms with Crippen LogP contribution in [0.4, 0.5) is 0 Å². The van der Waals surface area contributed by atoms with Crippen LogP contribution in [0, 0.1) is 5.41 Å². The van der Waals surface area contributed by atoms with Crippen molar-refractivity contribution in [2.24, 2.45) is 11.5 Å². The lowest BCUT2D eigenvalue weighted by atomic mass is 9.96. The van der Waals surface area contributed by atoms with Crippen molar-refractivity contribution >= 4 is 18.8 Å². The van der Waals surface area contributed by atoms with E-state index < -0.39 is 0 Å². The molecule has 1 fully saturated rings. The first-order valence-corrected chi connectivity index (χ1v) is 5.60. The summed E-state index contributed by atoms with van der Waals surface area (Å²) in [4.78, 5) is 0. The van der Waals surface area contributed by atoms with E-state index in [-0.39, 0.29) is 5.96 Å². The topological polar surface area (TPSA) is 100.0 Å². The SMILES string of the molecule is CNC.N=C(N)N.SNC1CCCCC1. The van der Waals surface area contributed by atoms with Crippen LogP contribution in [0.5, 0.6) is 0 Å². The van der Waals surface area contributed by atoms with Crippen LogP contribution in [-0.2, 0) is 0 Å². The van der Waals surface area contributed by atoms with Gasteiger partial charge in [-0.1, -0.05) is 32.1 Å². The van der Waals surface area contributed by atoms with Crippen LogP contribution in [-0.4, -0.2) is 26.1 Å². The molecule has 5 nitrogen and oxygen atoms in total. The number of rotatable bonds is 1. The molecule has 1 aliphatic rings. The van der Waals surface area contributed by atoms with E-state index in [2.05, 4.69) is 34.3 Å². The van der Waals surface area contributed by atoms with Crippen molar-refractivity contribution < 1.29 is 0 Å². The van der Waals surface area contributed by atoms with Gasteiger partial charge >= 0.3 is 0 Å². The van der Waals surface area contributed by atoms with Crippen molar-refractivity contribution in [2.75, 3.05) is 14.1 Å². The molecule has 7 N–H and O–H groups in total. The Labute approximate surface area is 98.4 Å². The van der Waals surface area contributed by atoms with Crippen molar-refractivity contribution in [2.45, 2.75) is 38.1 Å². The first-order chi connectivity index (χ1) is 7.08. The van der Waals surface area contributed by atoms with E-state index in [1.54, 1.807) is 0 Å². The highest BCUT2D eigenvalue weighted by atomic mass is 32.1. The minimum absolute atomic E-state index is 0.333. The highest BCUT2D eigenvalue weighted by Gasteiger charge is 2.09. The van der Waals surface area contributed by atoms with Crippen LogP contribution in [0.15, 0.2) is 0 Å². The van der Waals surface area contributed by atoms with Gasteiger partial charge in [0.25, 0.3) is 0 Å². The molecule has 15 heavy (non-hydrogen) atoms. The number of guanidine groups is 1. The van der Waals surface area contributed by atoms with Crippen molar-refractivity contribution in [3.63, 3.8) is 0 Å². The Bertz CT molecular complexity index is 132. The first kappa shape index (κ1) is 17.0. The number of thiol groups is 1. The highest BCUT2D eigenvalue weighted by Crippen LogP contribution is 2.17. The van der Waals surface area contributed by atoms with Crippen molar-refractivity contribution in [1.29, 1.82) is 5.41 Å². The average Bonchev–Trinajstić information content (AvgIpc) is 2.19. The van der Waals surface area contributed by atoms with Gasteiger partial charge in [-0.05, 0) is 26.9 Å². The molecule has 0 saturated heterocycles. The third kappa shape index (κ3) is 19.8. The van der Waals surface area contributed by atoms with Crippen LogP contribution in [0.1, 0.15) is 32.1 Å². The maximum Gasteiger partial charge on any atom is 0.183 e. The summed E-state index contributed by atoms with van der Waals surface area (Å²) in [6.45, 7) is 0. The van der Waals surface area contributed by atoms with Crippen molar-refractivity contribution in [3.8, 4) is 0 Å². The number of hydrogen-bond acceptors (Lipinski definition) is 4. The second-order valence-corrected chi connectivity index (χ2v) is 3.68. The van der Waals surface area contributed by atoms with E-state index in [1.165, 1.54) is 32.1 Å². The molecular formula is C9H25N5S. The van der Waals surface area contributed by atoms with Crippen LogP contribution < -0.4 is 21.5 Å². The van der Waals surface area contributed by atoms with Gasteiger partial charge < -0.3 is 16.8 Å². The predicted molar refractivity (Wildman–Crippen MR) is 70.1 cm³/mol. The molecule has 0 aromatic rings. The molecule has 0 aromatic heterocycles. The fourth-order valence-corrected chi connectivity index (χ4v) is 1.49. The average molecular weight is 235 g/mol. The zero-order valence-electron chi connectivity index (χ0n) is 9.71. The molecule has 0 aliphatic heterocycles. The molecule has 1 rings (SSSR count). The second-order valence-electron chi connectivity index (χ2n) is 3.42. The van der Waals surface area contributed by atoms with Crippen molar-refractivity contribution in [3.05, 3.63) is 0 Å². The Morgan fingerprint density at radius 2 is 1.53 bits per heavy atom. The van der Waals surface area contributed by atoms with E-state index in [4.69, 9.17) is 5.41 Å². The van der Waals surface area contributed by atoms with E-state index in [0.29, 0.717) is 6.04 Å². The molecule has 0 bridgehead atoms. The maximum absolute atomic E-state index is 6.06. The molecule has 92 valence electrons. The van der Waals surface area contributed by atoms with Gasteiger partial charge in [0.2, 0.25) is 0 Å². The standard InChI is InChI=1S/C6H13NS.C2H7N.CH5N3/c8-7-6-4-2-1-3-5-6;1-3-2;2-1(3)4/h6-8H,1-5H2;3H,1-2H3;(H5,2,3,4). The Morgan fingerprint density at radius 1 is 1.20 bits per heavy atom. The Morgan fingerprint density at radius 3 is 1.73 bits per heavy atom. The van der Waals surface area contributed by atoms with Gasteiger partial charge in [-0.15, -0.1) is 0 Å². The zero-order chi connectivity index (χ0) is 12.1. The van der Waals surface area contributed by atoms with Gasteiger partial charge in [0.05, 0.1) is 0 Å². The van der Waals surface area contributed by atoms with Gasteiger partial charge in [0, 0.05) is 6.04 Å². The molecule has 0 unspecified atom stereocenters. The fraction of sp³-hybridized carbons (Fsp3) is 0.889. The molecule has 1 aliphatic carbocycles. The van der Waals surface area contributed by atoms with Crippen LogP contribution in [0.2, 0.25) is 0 Å². The summed E-state index contributed by atoms with van der Waals surface area (Å²) in [6.07, 6.45) is 6.84. The van der Waals surface area contributed by atoms with Crippen LogP contribution >= 0.6 is 12.8 Å². The molecule has 0 atom stereocenters. The van der Waals surface area contributed by atoms with Crippen LogP contribution in [0.3, 0.4) is 0 Å². The van der Waals surface area contributed by atoms with Gasteiger partial charge in [-0.3, -0.25) is 10.1 Å². The minimum Gasteiger partial charge on any atom is -0.370 e. The van der Waals surface area contributed by atoms with Gasteiger partial charge in [0.15, 0.2) is 5.96 Å². The third-order valence-electron chi connectivity index (χ3n) is 1.79. The summed E-state index contributed by atoms with van der Waals surface area (Å²) in [5, 5.41) is 8.81. The summed E-state index contributed by atoms with van der Waals surface area (Å²) < 4.78 is 3.00. The molecule has 6 heteroatoms. The van der Waals surface area contributed by atoms with Gasteiger partial charge in [0.1, 0.15) is 0 Å². The molecule has 0 radical (unpaired) electrons. The smallest absolute Gasteiger partial charge is 0.183 e. The third-order valence-corrected chi connectivity index (χ3v) is 2.15. The van der Waals surface area contributed by atoms with Gasteiger partial charge in [-0.25, -0.2) is 0 Å². The number of hydrogen-bond donors (Lipinski definition) is 6. The second kappa shape index (κ2) is 13.5. The summed E-state index contributed by atoms with van der Waals surface area (Å²) in [6, 6.07) is 0.701. The molecule has 0 aromatic carbocycles. The zero-order valence-corrected chi connectivity index (χ0v) is 10.6. The van der Waals surface area contributed by atoms with E-state index in [1.807, 2.05) is 14.1 Å². The molecule has 1 saturated carbocycles. The van der Waals surface area contributed by atoms with E-state index in [0.717, 1.165) is 0 Å². The van der Waals surface area contributed by atoms with E-state index >= 15 is 0 Å². The minimum atomic E-state index is -0.333. The van der Waals surface area contributed by atoms with Crippen molar-refractivity contribution in [1.82, 2.24) is 10.0 Å². The van der Waals surface area contributed by atoms with Crippen LogP contribution in [0.25, 0.3) is 0 Å². The summed E-state index contributed by atoms with van der Waals surface area (Å²) in [5.74, 6) is -0.333. The highest BCUT2D eigenvalue weighted by molar-refractivity contribution is 7.78. The monoisotopic (exact) mass is 235 g/mol. The summed E-state index contributed by atoms with van der Waals surface area (Å²) in [7, 11) is 3.75. The Balaban J connectivity index is 0. The lowest BCUT2D eigenvalue weighted by Crippen LogP contribution is -2.23. The molecule has 0 heterocycles. The molecule has 0 spiro atoms. The Kier molecular flexibility index (Phi) is 15.3. The number of nitrogens with one attached hydrogen (secondary N) is 3. The summed E-state index contributed by atoms with van der Waals surface area (Å²) in [5.41, 5.74) is 8.94. The molecular weight excluding hydrogens is 210 g/mol. The van der Waals surface area contributed by atoms with Gasteiger partial charge in [-0.2, -0.15) is 0 Å². The predicted octanol–water partition coefficient (Wildman–Crippen LogP) is 0.428. The fourth-order valence-electron chi connectivity index (χ4n) is 1.23. The molecule has 0 amide bonds. The normalized spacial score (nSPS) is 15.4. The quantitative estimate of drug-likeness (QED) is 0.225. The first-order valence-electron chi connectivity index (χ1n) is 5.16. The lowest BCUT2D eigenvalue weighted by molar-refractivity contribution is 0.424. The number of nitrogens with two attached hydrogens (primary N) is 2. The summed E-state index contributed by atoms with van der Waals surface area (Å²) >= 11 is 4.01. The lowest BCUT2D eigenvalue weighted by Gasteiger charge is -2.19. The van der Waals surface area contributed by atoms with E-state index in [9.17, 15) is 0 Å².